The van der Waals surface area contributed by atoms with Crippen LogP contribution in [0, 0.1) is 5.92 Å². The molecule has 5 heteroatoms. The zero-order chi connectivity index (χ0) is 18.0. The first-order valence-corrected chi connectivity index (χ1v) is 9.55. The normalized spacial score (nSPS) is 22.3. The first kappa shape index (κ1) is 17.8. The van der Waals surface area contributed by atoms with Crippen molar-refractivity contribution in [3.63, 3.8) is 0 Å². The number of thioether (sulfide) groups is 1. The van der Waals surface area contributed by atoms with Crippen LogP contribution in [0.25, 0.3) is 0 Å². The zero-order valence-electron chi connectivity index (χ0n) is 14.8. The molecule has 0 spiro atoms. The molecule has 1 aromatic carbocycles. The van der Waals surface area contributed by atoms with Gasteiger partial charge in [-0.1, -0.05) is 38.1 Å². The van der Waals surface area contributed by atoms with Gasteiger partial charge in [-0.15, -0.1) is 11.8 Å². The van der Waals surface area contributed by atoms with E-state index in [0.717, 1.165) is 5.69 Å². The van der Waals surface area contributed by atoms with E-state index in [1.165, 1.54) is 11.8 Å². The predicted molar refractivity (Wildman–Crippen MR) is 103 cm³/mol. The molecule has 1 aliphatic carbocycles. The van der Waals surface area contributed by atoms with Crippen molar-refractivity contribution in [1.29, 1.82) is 0 Å². The van der Waals surface area contributed by atoms with Gasteiger partial charge < -0.3 is 10.6 Å². The lowest BCUT2D eigenvalue weighted by Gasteiger charge is -2.33. The number of fused-ring (bicyclic) bond motifs is 2. The molecule has 0 saturated heterocycles. The fourth-order valence-corrected chi connectivity index (χ4v) is 4.26. The summed E-state index contributed by atoms with van der Waals surface area (Å²) in [5.74, 6) is 0.171. The van der Waals surface area contributed by atoms with Gasteiger partial charge in [0.15, 0.2) is 5.78 Å². The van der Waals surface area contributed by atoms with Crippen molar-refractivity contribution in [3.05, 3.63) is 48.1 Å². The van der Waals surface area contributed by atoms with E-state index in [0.29, 0.717) is 17.9 Å². The van der Waals surface area contributed by atoms with E-state index >= 15 is 0 Å². The van der Waals surface area contributed by atoms with Gasteiger partial charge in [0.1, 0.15) is 0 Å². The summed E-state index contributed by atoms with van der Waals surface area (Å²) in [6.45, 7) is 5.63. The Morgan fingerprint density at radius 1 is 1.28 bits per heavy atom. The monoisotopic (exact) mass is 356 g/mol. The number of carbonyl (C=O) groups is 2. The van der Waals surface area contributed by atoms with Crippen molar-refractivity contribution in [2.45, 2.75) is 49.4 Å². The van der Waals surface area contributed by atoms with E-state index < -0.39 is 6.04 Å². The number of nitrogens with one attached hydrogen (secondary N) is 2. The maximum atomic E-state index is 12.6. The molecule has 2 N–H and O–H groups in total. The van der Waals surface area contributed by atoms with E-state index in [1.54, 1.807) is 11.8 Å². The van der Waals surface area contributed by atoms with Crippen LogP contribution < -0.4 is 10.6 Å². The average Bonchev–Trinajstić information content (AvgIpc) is 2.58. The van der Waals surface area contributed by atoms with Crippen molar-refractivity contribution in [1.82, 2.24) is 5.32 Å². The van der Waals surface area contributed by atoms with Gasteiger partial charge in [-0.3, -0.25) is 9.59 Å². The van der Waals surface area contributed by atoms with Gasteiger partial charge in [0.05, 0.1) is 17.3 Å². The minimum absolute atomic E-state index is 0.000546. The molecule has 25 heavy (non-hydrogen) atoms. The Hall–Kier alpha value is -2.01. The second-order valence-corrected chi connectivity index (χ2v) is 8.22. The van der Waals surface area contributed by atoms with Crippen LogP contribution in [0.2, 0.25) is 0 Å². The minimum Gasteiger partial charge on any atom is -0.376 e. The molecule has 3 rings (SSSR count). The fourth-order valence-electron chi connectivity index (χ4n) is 3.10. The number of hydrogen-bond acceptors (Lipinski definition) is 4. The second-order valence-electron chi connectivity index (χ2n) is 7.00. The fraction of sp³-hybridized carbons (Fsp3) is 0.400. The number of amides is 1. The summed E-state index contributed by atoms with van der Waals surface area (Å²) >= 11 is 1.80. The molecule has 1 amide bonds. The van der Waals surface area contributed by atoms with Gasteiger partial charge in [-0.05, 0) is 37.5 Å². The van der Waals surface area contributed by atoms with Gasteiger partial charge in [0, 0.05) is 16.2 Å². The van der Waals surface area contributed by atoms with Gasteiger partial charge in [0.25, 0.3) is 5.91 Å². The van der Waals surface area contributed by atoms with E-state index in [-0.39, 0.29) is 23.0 Å². The Bertz CT molecular complexity index is 739. The zero-order valence-corrected chi connectivity index (χ0v) is 15.6. The smallest absolute Gasteiger partial charge is 0.251 e. The highest BCUT2D eigenvalue weighted by Gasteiger charge is 2.29. The molecule has 0 aromatic heterocycles. The molecule has 0 fully saturated rings. The van der Waals surface area contributed by atoms with Crippen LogP contribution in [0.15, 0.2) is 53.0 Å². The number of ketones is 1. The quantitative estimate of drug-likeness (QED) is 0.847. The molecule has 2 aliphatic rings. The van der Waals surface area contributed by atoms with Crippen molar-refractivity contribution in [2.24, 2.45) is 5.92 Å². The lowest BCUT2D eigenvalue weighted by Crippen LogP contribution is -2.42. The van der Waals surface area contributed by atoms with Gasteiger partial charge in [0.2, 0.25) is 0 Å². The number of benzene rings is 1. The molecule has 0 saturated carbocycles. The summed E-state index contributed by atoms with van der Waals surface area (Å²) < 4.78 is 0. The Balaban J connectivity index is 1.72. The molecular formula is C20H24N2O2S. The number of anilines is 1. The third kappa shape index (κ3) is 4.15. The predicted octanol–water partition coefficient (Wildman–Crippen LogP) is 3.56. The molecule has 1 aliphatic heterocycles. The third-order valence-electron chi connectivity index (χ3n) is 4.42. The number of hydrogen-bond donors (Lipinski definition) is 2. The van der Waals surface area contributed by atoms with Gasteiger partial charge >= 0.3 is 0 Å². The second kappa shape index (κ2) is 7.48. The Morgan fingerprint density at radius 3 is 2.76 bits per heavy atom. The number of carbonyl (C=O) groups excluding carboxylic acids is 2. The summed E-state index contributed by atoms with van der Waals surface area (Å²) in [6.07, 6.45) is 6.56. The number of para-hydroxylation sites is 1. The SMILES string of the molecule is CC(=O)[C@@H](CC(C)C)NC(=O)C1=CC2Nc3ccccc3SC2C=C1. The van der Waals surface area contributed by atoms with Crippen LogP contribution >= 0.6 is 11.8 Å². The summed E-state index contributed by atoms with van der Waals surface area (Å²) in [6, 6.07) is 7.85. The van der Waals surface area contributed by atoms with Crippen LogP contribution in [0.3, 0.4) is 0 Å². The minimum atomic E-state index is -0.422. The molecule has 1 aromatic rings. The third-order valence-corrected chi connectivity index (χ3v) is 5.75. The van der Waals surface area contributed by atoms with Crippen LogP contribution in [0.5, 0.6) is 0 Å². The topological polar surface area (TPSA) is 58.2 Å². The number of Topliss-reactive ketones (excluding diaryl/α,β-unsaturated/α-hetero) is 1. The van der Waals surface area contributed by atoms with Crippen molar-refractivity contribution in [2.75, 3.05) is 5.32 Å². The molecule has 4 nitrogen and oxygen atoms in total. The summed E-state index contributed by atoms with van der Waals surface area (Å²) in [4.78, 5) is 25.6. The Morgan fingerprint density at radius 2 is 2.04 bits per heavy atom. The molecule has 0 bridgehead atoms. The van der Waals surface area contributed by atoms with Gasteiger partial charge in [-0.2, -0.15) is 0 Å². The number of rotatable bonds is 5. The molecule has 3 atom stereocenters. The standard InChI is InChI=1S/C20H24N2O2S/c1-12(2)10-16(13(3)23)22-20(24)14-8-9-19-17(11-14)21-15-6-4-5-7-18(15)25-19/h4-9,11-12,16-17,19,21H,10H2,1-3H3,(H,22,24)/t16-,17?,19?/m1/s1. The highest BCUT2D eigenvalue weighted by Crippen LogP contribution is 2.40. The van der Waals surface area contributed by atoms with Crippen molar-refractivity contribution < 1.29 is 9.59 Å². The lowest BCUT2D eigenvalue weighted by atomic mass is 9.98. The highest BCUT2D eigenvalue weighted by molar-refractivity contribution is 8.00. The Labute approximate surface area is 153 Å². The van der Waals surface area contributed by atoms with Crippen molar-refractivity contribution in [3.8, 4) is 0 Å². The van der Waals surface area contributed by atoms with Crippen LogP contribution in [-0.4, -0.2) is 29.0 Å². The van der Waals surface area contributed by atoms with E-state index in [1.807, 2.05) is 38.1 Å². The molecule has 0 radical (unpaired) electrons. The lowest BCUT2D eigenvalue weighted by molar-refractivity contribution is -0.125. The average molecular weight is 356 g/mol. The highest BCUT2D eigenvalue weighted by atomic mass is 32.2. The molecule has 132 valence electrons. The molecule has 2 unspecified atom stereocenters. The largest absolute Gasteiger partial charge is 0.376 e. The maximum absolute atomic E-state index is 12.6. The molecular weight excluding hydrogens is 332 g/mol. The van der Waals surface area contributed by atoms with Crippen LogP contribution in [0.4, 0.5) is 5.69 Å². The first-order chi connectivity index (χ1) is 11.9. The first-order valence-electron chi connectivity index (χ1n) is 8.67. The van der Waals surface area contributed by atoms with Crippen molar-refractivity contribution >= 4 is 29.1 Å². The molecule has 1 heterocycles. The van der Waals surface area contributed by atoms with Crippen LogP contribution in [-0.2, 0) is 9.59 Å². The van der Waals surface area contributed by atoms with E-state index in [4.69, 9.17) is 0 Å². The van der Waals surface area contributed by atoms with E-state index in [2.05, 4.69) is 28.8 Å². The van der Waals surface area contributed by atoms with E-state index in [9.17, 15) is 9.59 Å². The van der Waals surface area contributed by atoms with Crippen LogP contribution in [0.1, 0.15) is 27.2 Å². The maximum Gasteiger partial charge on any atom is 0.251 e. The summed E-state index contributed by atoms with van der Waals surface area (Å²) in [7, 11) is 0. The van der Waals surface area contributed by atoms with Gasteiger partial charge in [-0.25, -0.2) is 0 Å². The Kier molecular flexibility index (Phi) is 5.33. The summed E-state index contributed by atoms with van der Waals surface area (Å²) in [5.41, 5.74) is 1.71. The summed E-state index contributed by atoms with van der Waals surface area (Å²) in [5, 5.41) is 6.66.